The Morgan fingerprint density at radius 1 is 1.06 bits per heavy atom. The maximum absolute atomic E-state index is 12.6. The number of hydrogen-bond acceptors (Lipinski definition) is 5. The molecule has 0 saturated carbocycles. The molecule has 0 unspecified atom stereocenters. The third-order valence-corrected chi connectivity index (χ3v) is 4.68. The summed E-state index contributed by atoms with van der Waals surface area (Å²) >= 11 is 6.01. The number of hydrogen-bond donors (Lipinski definition) is 1. The zero-order chi connectivity index (χ0) is 22.4. The van der Waals surface area contributed by atoms with Gasteiger partial charge in [0.15, 0.2) is 6.61 Å². The number of para-hydroxylation sites is 1. The minimum atomic E-state index is -0.551. The van der Waals surface area contributed by atoms with E-state index in [1.54, 1.807) is 55.6 Å². The van der Waals surface area contributed by atoms with E-state index in [4.69, 9.17) is 16.3 Å². The van der Waals surface area contributed by atoms with Gasteiger partial charge in [0.1, 0.15) is 5.75 Å². The SMILES string of the molecule is CN(C(=O)c1cccc([N+](=O)[O-])c1)c1ccc(OCC(=O)Nc2ccccc2Cl)cc1. The number of carbonyl (C=O) groups excluding carboxylic acids is 2. The number of halogens is 1. The molecule has 2 amide bonds. The van der Waals surface area contributed by atoms with Crippen LogP contribution in [0.2, 0.25) is 5.02 Å². The van der Waals surface area contributed by atoms with Crippen molar-refractivity contribution < 1.29 is 19.2 Å². The predicted molar refractivity (Wildman–Crippen MR) is 118 cm³/mol. The highest BCUT2D eigenvalue weighted by molar-refractivity contribution is 6.33. The van der Waals surface area contributed by atoms with Crippen LogP contribution in [0.25, 0.3) is 0 Å². The summed E-state index contributed by atoms with van der Waals surface area (Å²) in [6.07, 6.45) is 0. The average molecular weight is 440 g/mol. The van der Waals surface area contributed by atoms with Gasteiger partial charge in [0.2, 0.25) is 0 Å². The normalized spacial score (nSPS) is 10.3. The molecular weight excluding hydrogens is 422 g/mol. The molecular formula is C22H18ClN3O5. The van der Waals surface area contributed by atoms with Crippen LogP contribution in [0.4, 0.5) is 17.1 Å². The highest BCUT2D eigenvalue weighted by atomic mass is 35.5. The molecule has 0 spiro atoms. The van der Waals surface area contributed by atoms with Crippen LogP contribution < -0.4 is 15.0 Å². The number of amides is 2. The molecule has 0 heterocycles. The van der Waals surface area contributed by atoms with Crippen LogP contribution in [0.1, 0.15) is 10.4 Å². The third-order valence-electron chi connectivity index (χ3n) is 4.35. The molecule has 3 rings (SSSR count). The summed E-state index contributed by atoms with van der Waals surface area (Å²) in [6, 6.07) is 18.9. The molecule has 0 atom stereocenters. The summed E-state index contributed by atoms with van der Waals surface area (Å²) in [5.74, 6) is -0.319. The van der Waals surface area contributed by atoms with Crippen LogP contribution in [0, 0.1) is 10.1 Å². The van der Waals surface area contributed by atoms with Gasteiger partial charge in [-0.25, -0.2) is 0 Å². The van der Waals surface area contributed by atoms with Crippen molar-refractivity contribution in [1.29, 1.82) is 0 Å². The summed E-state index contributed by atoms with van der Waals surface area (Å²) in [7, 11) is 1.56. The molecule has 0 radical (unpaired) electrons. The number of nitro groups is 1. The second kappa shape index (κ2) is 9.73. The van der Waals surface area contributed by atoms with Gasteiger partial charge >= 0.3 is 0 Å². The highest BCUT2D eigenvalue weighted by Crippen LogP contribution is 2.23. The molecule has 0 aliphatic rings. The molecule has 0 bridgehead atoms. The minimum Gasteiger partial charge on any atom is -0.484 e. The van der Waals surface area contributed by atoms with Crippen molar-refractivity contribution in [3.05, 3.63) is 93.5 Å². The molecule has 9 heteroatoms. The Morgan fingerprint density at radius 2 is 1.77 bits per heavy atom. The first kappa shape index (κ1) is 21.8. The van der Waals surface area contributed by atoms with Crippen LogP contribution in [0.5, 0.6) is 5.75 Å². The number of rotatable bonds is 7. The van der Waals surface area contributed by atoms with Gasteiger partial charge in [-0.15, -0.1) is 0 Å². The lowest BCUT2D eigenvalue weighted by atomic mass is 10.1. The quantitative estimate of drug-likeness (QED) is 0.430. The van der Waals surface area contributed by atoms with Crippen molar-refractivity contribution in [2.75, 3.05) is 23.9 Å². The molecule has 0 saturated heterocycles. The number of nitrogens with zero attached hydrogens (tertiary/aromatic N) is 2. The van der Waals surface area contributed by atoms with E-state index in [-0.39, 0.29) is 23.8 Å². The Labute approximate surface area is 183 Å². The molecule has 0 fully saturated rings. The first-order chi connectivity index (χ1) is 14.8. The van der Waals surface area contributed by atoms with Gasteiger partial charge in [0.25, 0.3) is 17.5 Å². The van der Waals surface area contributed by atoms with Gasteiger partial charge in [-0.1, -0.05) is 29.8 Å². The molecule has 8 nitrogen and oxygen atoms in total. The summed E-state index contributed by atoms with van der Waals surface area (Å²) in [4.78, 5) is 36.4. The van der Waals surface area contributed by atoms with E-state index in [0.717, 1.165) is 0 Å². The first-order valence-corrected chi connectivity index (χ1v) is 9.52. The third kappa shape index (κ3) is 5.58. The monoisotopic (exact) mass is 439 g/mol. The average Bonchev–Trinajstić information content (AvgIpc) is 2.78. The number of benzene rings is 3. The molecule has 0 aliphatic heterocycles. The molecule has 3 aromatic rings. The van der Waals surface area contributed by atoms with Crippen molar-refractivity contribution in [2.45, 2.75) is 0 Å². The Morgan fingerprint density at radius 3 is 2.45 bits per heavy atom. The van der Waals surface area contributed by atoms with Crippen molar-refractivity contribution >= 4 is 40.5 Å². The predicted octanol–water partition coefficient (Wildman–Crippen LogP) is 4.54. The lowest BCUT2D eigenvalue weighted by Crippen LogP contribution is -2.26. The fraction of sp³-hybridized carbons (Fsp3) is 0.0909. The zero-order valence-corrected chi connectivity index (χ0v) is 17.2. The number of carbonyl (C=O) groups is 2. The van der Waals surface area contributed by atoms with E-state index >= 15 is 0 Å². The van der Waals surface area contributed by atoms with Crippen LogP contribution in [0.3, 0.4) is 0 Å². The van der Waals surface area contributed by atoms with E-state index < -0.39 is 10.8 Å². The smallest absolute Gasteiger partial charge is 0.270 e. The Bertz CT molecular complexity index is 1120. The van der Waals surface area contributed by atoms with E-state index in [2.05, 4.69) is 5.32 Å². The van der Waals surface area contributed by atoms with Gasteiger partial charge < -0.3 is 15.0 Å². The van der Waals surface area contributed by atoms with Gasteiger partial charge in [-0.05, 0) is 42.5 Å². The van der Waals surface area contributed by atoms with E-state index in [1.807, 2.05) is 0 Å². The Hall–Kier alpha value is -3.91. The molecule has 3 aromatic carbocycles. The highest BCUT2D eigenvalue weighted by Gasteiger charge is 2.16. The molecule has 0 aliphatic carbocycles. The van der Waals surface area contributed by atoms with Gasteiger partial charge in [-0.2, -0.15) is 0 Å². The van der Waals surface area contributed by atoms with Gasteiger partial charge in [0, 0.05) is 30.4 Å². The maximum atomic E-state index is 12.6. The molecule has 1 N–H and O–H groups in total. The van der Waals surface area contributed by atoms with Gasteiger partial charge in [-0.3, -0.25) is 19.7 Å². The van der Waals surface area contributed by atoms with Crippen LogP contribution >= 0.6 is 11.6 Å². The maximum Gasteiger partial charge on any atom is 0.270 e. The summed E-state index contributed by atoms with van der Waals surface area (Å²) < 4.78 is 5.47. The fourth-order valence-electron chi connectivity index (χ4n) is 2.73. The number of anilines is 2. The van der Waals surface area contributed by atoms with E-state index in [9.17, 15) is 19.7 Å². The number of nitro benzene ring substituents is 1. The summed E-state index contributed by atoms with van der Waals surface area (Å²) in [5.41, 5.74) is 1.10. The standard InChI is InChI=1S/C22H18ClN3O5/c1-25(22(28)15-5-4-6-17(13-15)26(29)30)16-9-11-18(12-10-16)31-14-21(27)24-20-8-3-2-7-19(20)23/h2-13H,14H2,1H3,(H,24,27). The number of non-ortho nitro benzene ring substituents is 1. The summed E-state index contributed by atoms with van der Waals surface area (Å²) in [5, 5.41) is 14.0. The van der Waals surface area contributed by atoms with Crippen molar-refractivity contribution in [3.63, 3.8) is 0 Å². The topological polar surface area (TPSA) is 102 Å². The number of nitrogens with one attached hydrogen (secondary N) is 1. The molecule has 31 heavy (non-hydrogen) atoms. The fourth-order valence-corrected chi connectivity index (χ4v) is 2.91. The Kier molecular flexibility index (Phi) is 6.84. The first-order valence-electron chi connectivity index (χ1n) is 9.15. The lowest BCUT2D eigenvalue weighted by molar-refractivity contribution is -0.384. The second-order valence-electron chi connectivity index (χ2n) is 6.48. The zero-order valence-electron chi connectivity index (χ0n) is 16.4. The van der Waals surface area contributed by atoms with Crippen LogP contribution in [-0.2, 0) is 4.79 Å². The number of ether oxygens (including phenoxy) is 1. The van der Waals surface area contributed by atoms with E-state index in [1.165, 1.54) is 29.2 Å². The van der Waals surface area contributed by atoms with E-state index in [0.29, 0.717) is 22.1 Å². The Balaban J connectivity index is 1.60. The van der Waals surface area contributed by atoms with Gasteiger partial charge in [0.05, 0.1) is 15.6 Å². The van der Waals surface area contributed by atoms with Crippen molar-refractivity contribution in [3.8, 4) is 5.75 Å². The largest absolute Gasteiger partial charge is 0.484 e. The molecule has 158 valence electrons. The summed E-state index contributed by atoms with van der Waals surface area (Å²) in [6.45, 7) is -0.215. The molecule has 0 aromatic heterocycles. The van der Waals surface area contributed by atoms with Crippen molar-refractivity contribution in [1.82, 2.24) is 0 Å². The van der Waals surface area contributed by atoms with Crippen molar-refractivity contribution in [2.24, 2.45) is 0 Å². The van der Waals surface area contributed by atoms with Crippen LogP contribution in [0.15, 0.2) is 72.8 Å². The second-order valence-corrected chi connectivity index (χ2v) is 6.89. The minimum absolute atomic E-state index is 0.155. The lowest BCUT2D eigenvalue weighted by Gasteiger charge is -2.18. The van der Waals surface area contributed by atoms with Crippen LogP contribution in [-0.4, -0.2) is 30.4 Å².